The van der Waals surface area contributed by atoms with Crippen LogP contribution in [0.15, 0.2) is 36.4 Å². The van der Waals surface area contributed by atoms with Gasteiger partial charge in [-0.3, -0.25) is 9.59 Å². The molecule has 0 spiro atoms. The highest BCUT2D eigenvalue weighted by Crippen LogP contribution is 2.30. The molecular weight excluding hydrogens is 482 g/mol. The number of nitrogens with one attached hydrogen (secondary N) is 2. The number of carbonyl (C=O) groups is 3. The molecule has 2 aromatic carbocycles. The van der Waals surface area contributed by atoms with Gasteiger partial charge in [-0.1, -0.05) is 43.6 Å². The van der Waals surface area contributed by atoms with Crippen LogP contribution in [0.1, 0.15) is 57.4 Å². The van der Waals surface area contributed by atoms with Gasteiger partial charge in [0.05, 0.1) is 10.7 Å². The van der Waals surface area contributed by atoms with Crippen LogP contribution in [0.25, 0.3) is 0 Å². The van der Waals surface area contributed by atoms with Crippen LogP contribution >= 0.6 is 11.6 Å². The average molecular weight is 518 g/mol. The van der Waals surface area contributed by atoms with E-state index in [4.69, 9.17) is 16.3 Å². The van der Waals surface area contributed by atoms with Gasteiger partial charge in [0, 0.05) is 7.05 Å². The molecular formula is C27H36ClN3O5. The third kappa shape index (κ3) is 7.37. The number of benzene rings is 2. The Kier molecular flexibility index (Phi) is 9.38. The van der Waals surface area contributed by atoms with E-state index < -0.39 is 35.6 Å². The maximum absolute atomic E-state index is 13.6. The molecule has 0 bridgehead atoms. The summed E-state index contributed by atoms with van der Waals surface area (Å²) in [4.78, 5) is 41.0. The minimum atomic E-state index is -1.07. The highest BCUT2D eigenvalue weighted by Gasteiger charge is 2.36. The van der Waals surface area contributed by atoms with Crippen molar-refractivity contribution in [3.63, 3.8) is 0 Å². The van der Waals surface area contributed by atoms with Crippen LogP contribution in [0.2, 0.25) is 5.02 Å². The quantitative estimate of drug-likeness (QED) is 0.459. The molecule has 0 fully saturated rings. The van der Waals surface area contributed by atoms with E-state index in [1.54, 1.807) is 65.8 Å². The van der Waals surface area contributed by atoms with E-state index in [0.29, 0.717) is 21.8 Å². The lowest BCUT2D eigenvalue weighted by Crippen LogP contribution is -2.53. The summed E-state index contributed by atoms with van der Waals surface area (Å²) in [6, 6.07) is 7.95. The first-order valence-corrected chi connectivity index (χ1v) is 12.1. The maximum atomic E-state index is 13.6. The van der Waals surface area contributed by atoms with Gasteiger partial charge in [0.25, 0.3) is 5.91 Å². The van der Waals surface area contributed by atoms with Gasteiger partial charge in [-0.05, 0) is 75.4 Å². The molecule has 0 aliphatic carbocycles. The summed E-state index contributed by atoms with van der Waals surface area (Å²) >= 11 is 6.32. The molecule has 196 valence electrons. The Labute approximate surface area is 218 Å². The molecule has 2 unspecified atom stereocenters. The van der Waals surface area contributed by atoms with E-state index in [1.165, 1.54) is 18.0 Å². The van der Waals surface area contributed by atoms with Gasteiger partial charge >= 0.3 is 6.09 Å². The molecule has 0 aliphatic heterocycles. The number of carbonyl (C=O) groups excluding carboxylic acids is 3. The van der Waals surface area contributed by atoms with Crippen LogP contribution in [-0.2, 0) is 14.3 Å². The number of aromatic hydroxyl groups is 1. The molecule has 0 radical (unpaired) electrons. The van der Waals surface area contributed by atoms with Crippen LogP contribution < -0.4 is 10.6 Å². The second kappa shape index (κ2) is 11.6. The molecule has 36 heavy (non-hydrogen) atoms. The van der Waals surface area contributed by atoms with Crippen molar-refractivity contribution in [1.82, 2.24) is 10.2 Å². The monoisotopic (exact) mass is 517 g/mol. The summed E-state index contributed by atoms with van der Waals surface area (Å²) in [5.74, 6) is -1.19. The maximum Gasteiger partial charge on any atom is 0.408 e. The SMILES string of the molecule is Cc1cc(C(C(=O)Nc2c(C)cccc2Cl)N(C)C(=O)C(NC(=O)OC(C)(C)C)C(C)C)ccc1O. The molecule has 3 amide bonds. The summed E-state index contributed by atoms with van der Waals surface area (Å²) in [6.07, 6.45) is -0.726. The van der Waals surface area contributed by atoms with Gasteiger partial charge in [0.1, 0.15) is 23.4 Å². The van der Waals surface area contributed by atoms with Crippen LogP contribution in [0, 0.1) is 19.8 Å². The summed E-state index contributed by atoms with van der Waals surface area (Å²) in [6.45, 7) is 12.3. The standard InChI is InChI=1S/C27H36ClN3O5/c1-15(2)21(30-26(35)36-27(5,6)7)25(34)31(8)23(18-12-13-20(32)17(4)14-18)24(33)29-22-16(3)10-9-11-19(22)28/h9-15,21,23,32H,1-8H3,(H,29,33)(H,30,35). The Morgan fingerprint density at radius 1 is 1.06 bits per heavy atom. The van der Waals surface area contributed by atoms with Crippen LogP contribution in [-0.4, -0.2) is 46.6 Å². The zero-order chi connectivity index (χ0) is 27.4. The first kappa shape index (κ1) is 29.0. The van der Waals surface area contributed by atoms with Crippen molar-refractivity contribution < 1.29 is 24.2 Å². The Morgan fingerprint density at radius 3 is 2.22 bits per heavy atom. The van der Waals surface area contributed by atoms with Crippen molar-refractivity contribution >= 4 is 35.2 Å². The van der Waals surface area contributed by atoms with E-state index >= 15 is 0 Å². The first-order chi connectivity index (χ1) is 16.6. The first-order valence-electron chi connectivity index (χ1n) is 11.7. The fourth-order valence-corrected chi connectivity index (χ4v) is 3.95. The van der Waals surface area contributed by atoms with Crippen molar-refractivity contribution in [2.45, 2.75) is 66.2 Å². The average Bonchev–Trinajstić information content (AvgIpc) is 2.75. The number of alkyl carbamates (subject to hydrolysis) is 1. The van der Waals surface area contributed by atoms with Crippen molar-refractivity contribution in [3.05, 3.63) is 58.1 Å². The highest BCUT2D eigenvalue weighted by molar-refractivity contribution is 6.34. The summed E-state index contributed by atoms with van der Waals surface area (Å²) in [5, 5.41) is 15.9. The second-order valence-corrected chi connectivity index (χ2v) is 10.6. The predicted molar refractivity (Wildman–Crippen MR) is 141 cm³/mol. The van der Waals surface area contributed by atoms with Gasteiger partial charge in [0.15, 0.2) is 0 Å². The number of anilines is 1. The van der Waals surface area contributed by atoms with Gasteiger partial charge in [-0.25, -0.2) is 4.79 Å². The lowest BCUT2D eigenvalue weighted by atomic mass is 9.98. The molecule has 2 aromatic rings. The fraction of sp³-hybridized carbons (Fsp3) is 0.444. The number of phenols is 1. The fourth-order valence-electron chi connectivity index (χ4n) is 3.68. The normalized spacial score (nSPS) is 13.1. The zero-order valence-electron chi connectivity index (χ0n) is 22.1. The van der Waals surface area contributed by atoms with Gasteiger partial charge in [0.2, 0.25) is 5.91 Å². The Bertz CT molecular complexity index is 1110. The number of para-hydroxylation sites is 1. The van der Waals surface area contributed by atoms with E-state index in [0.717, 1.165) is 5.56 Å². The molecule has 2 atom stereocenters. The van der Waals surface area contributed by atoms with Crippen LogP contribution in [0.3, 0.4) is 0 Å². The largest absolute Gasteiger partial charge is 0.508 e. The minimum absolute atomic E-state index is 0.0699. The van der Waals surface area contributed by atoms with Crippen molar-refractivity contribution in [1.29, 1.82) is 0 Å². The van der Waals surface area contributed by atoms with Gasteiger partial charge in [-0.2, -0.15) is 0 Å². The van der Waals surface area contributed by atoms with Gasteiger partial charge in [-0.15, -0.1) is 0 Å². The zero-order valence-corrected chi connectivity index (χ0v) is 22.9. The third-order valence-electron chi connectivity index (χ3n) is 5.59. The van der Waals surface area contributed by atoms with Crippen molar-refractivity contribution in [2.24, 2.45) is 5.92 Å². The Hall–Kier alpha value is -3.26. The Balaban J connectivity index is 2.45. The number of rotatable bonds is 7. The number of ether oxygens (including phenoxy) is 1. The minimum Gasteiger partial charge on any atom is -0.508 e. The van der Waals surface area contributed by atoms with Crippen LogP contribution in [0.5, 0.6) is 5.75 Å². The summed E-state index contributed by atoms with van der Waals surface area (Å²) in [7, 11) is 1.50. The van der Waals surface area contributed by atoms with Crippen molar-refractivity contribution in [3.8, 4) is 5.75 Å². The molecule has 0 aliphatic rings. The molecule has 9 heteroatoms. The number of phenolic OH excluding ortho intramolecular Hbond substituents is 1. The molecule has 0 aromatic heterocycles. The number of likely N-dealkylation sites (N-methyl/N-ethyl adjacent to an activating group) is 1. The van der Waals surface area contributed by atoms with Crippen LogP contribution in [0.4, 0.5) is 10.5 Å². The smallest absolute Gasteiger partial charge is 0.408 e. The van der Waals surface area contributed by atoms with E-state index in [9.17, 15) is 19.5 Å². The van der Waals surface area contributed by atoms with Gasteiger partial charge < -0.3 is 25.4 Å². The van der Waals surface area contributed by atoms with Crippen molar-refractivity contribution in [2.75, 3.05) is 12.4 Å². The predicted octanol–water partition coefficient (Wildman–Crippen LogP) is 5.35. The third-order valence-corrected chi connectivity index (χ3v) is 5.91. The topological polar surface area (TPSA) is 108 Å². The Morgan fingerprint density at radius 2 is 1.69 bits per heavy atom. The molecule has 8 nitrogen and oxygen atoms in total. The molecule has 2 rings (SSSR count). The number of hydrogen-bond donors (Lipinski definition) is 3. The molecule has 0 saturated carbocycles. The number of amides is 3. The van der Waals surface area contributed by atoms with E-state index in [2.05, 4.69) is 10.6 Å². The lowest BCUT2D eigenvalue weighted by molar-refractivity contribution is -0.140. The van der Waals surface area contributed by atoms with E-state index in [-0.39, 0.29) is 11.7 Å². The lowest BCUT2D eigenvalue weighted by Gasteiger charge is -2.33. The summed E-state index contributed by atoms with van der Waals surface area (Å²) in [5.41, 5.74) is 1.50. The number of nitrogens with zero attached hydrogens (tertiary/aromatic N) is 1. The number of hydrogen-bond acceptors (Lipinski definition) is 5. The number of aryl methyl sites for hydroxylation is 2. The molecule has 3 N–H and O–H groups in total. The highest BCUT2D eigenvalue weighted by atomic mass is 35.5. The number of halogens is 1. The second-order valence-electron chi connectivity index (χ2n) is 10.2. The van der Waals surface area contributed by atoms with E-state index in [1.807, 2.05) is 13.0 Å². The molecule has 0 heterocycles. The summed E-state index contributed by atoms with van der Waals surface area (Å²) < 4.78 is 5.33. The molecule has 0 saturated heterocycles.